The Kier molecular flexibility index (Phi) is 4.24. The number of benzene rings is 1. The van der Waals surface area contributed by atoms with E-state index in [-0.39, 0.29) is 6.04 Å². The van der Waals surface area contributed by atoms with E-state index >= 15 is 0 Å². The van der Waals surface area contributed by atoms with Gasteiger partial charge in [0, 0.05) is 30.7 Å². The highest BCUT2D eigenvalue weighted by atomic mass is 19.1. The molecule has 1 saturated heterocycles. The van der Waals surface area contributed by atoms with E-state index in [0.29, 0.717) is 26.2 Å². The predicted octanol–water partition coefficient (Wildman–Crippen LogP) is 1.92. The molecule has 2 atom stereocenters. The van der Waals surface area contributed by atoms with Crippen LogP contribution in [0.3, 0.4) is 0 Å². The first-order valence-electron chi connectivity index (χ1n) is 8.50. The number of rotatable bonds is 3. The van der Waals surface area contributed by atoms with Crippen LogP contribution in [0.25, 0.3) is 10.9 Å². The third-order valence-electron chi connectivity index (χ3n) is 4.87. The van der Waals surface area contributed by atoms with Gasteiger partial charge in [-0.15, -0.1) is 0 Å². The van der Waals surface area contributed by atoms with Crippen LogP contribution < -0.4 is 15.2 Å². The van der Waals surface area contributed by atoms with Crippen molar-refractivity contribution in [3.63, 3.8) is 0 Å². The van der Waals surface area contributed by atoms with E-state index in [1.54, 1.807) is 0 Å². The Balaban J connectivity index is 1.58. The van der Waals surface area contributed by atoms with Crippen LogP contribution in [-0.4, -0.2) is 54.9 Å². The summed E-state index contributed by atoms with van der Waals surface area (Å²) < 4.78 is 25.3. The number of hydrogen-bond donors (Lipinski definition) is 1. The summed E-state index contributed by atoms with van der Waals surface area (Å²) >= 11 is 0. The second-order valence-electron chi connectivity index (χ2n) is 6.47. The molecule has 0 unspecified atom stereocenters. The number of piperidine rings is 1. The highest BCUT2D eigenvalue weighted by molar-refractivity contribution is 5.91. The zero-order valence-corrected chi connectivity index (χ0v) is 13.6. The lowest BCUT2D eigenvalue weighted by molar-refractivity contribution is 0.121. The van der Waals surface area contributed by atoms with E-state index in [1.807, 2.05) is 24.4 Å². The molecular formula is C18H22FN3O2. The third kappa shape index (κ3) is 2.91. The summed E-state index contributed by atoms with van der Waals surface area (Å²) in [5.74, 6) is 1.56. The molecule has 1 aromatic heterocycles. The molecule has 5 nitrogen and oxygen atoms in total. The topological polar surface area (TPSA) is 60.6 Å². The minimum Gasteiger partial charge on any atom is -0.486 e. The number of pyridine rings is 1. The first-order chi connectivity index (χ1) is 11.7. The van der Waals surface area contributed by atoms with Gasteiger partial charge in [0.15, 0.2) is 11.5 Å². The molecule has 128 valence electrons. The van der Waals surface area contributed by atoms with Crippen LogP contribution in [0.2, 0.25) is 0 Å². The highest BCUT2D eigenvalue weighted by Gasteiger charge is 2.26. The number of hydrogen-bond acceptors (Lipinski definition) is 5. The van der Waals surface area contributed by atoms with Crippen LogP contribution in [0.1, 0.15) is 12.0 Å². The van der Waals surface area contributed by atoms with Gasteiger partial charge in [0.2, 0.25) is 0 Å². The monoisotopic (exact) mass is 331 g/mol. The number of alkyl halides is 1. The molecule has 3 heterocycles. The molecule has 24 heavy (non-hydrogen) atoms. The Morgan fingerprint density at radius 2 is 2.12 bits per heavy atom. The second kappa shape index (κ2) is 6.53. The number of likely N-dealkylation sites (tertiary alicyclic amines) is 1. The quantitative estimate of drug-likeness (QED) is 0.931. The average molecular weight is 331 g/mol. The van der Waals surface area contributed by atoms with Gasteiger partial charge in [-0.2, -0.15) is 0 Å². The van der Waals surface area contributed by atoms with Gasteiger partial charge in [-0.05, 0) is 43.1 Å². The number of halogens is 1. The van der Waals surface area contributed by atoms with E-state index in [0.717, 1.165) is 47.5 Å². The minimum absolute atomic E-state index is 0.319. The first kappa shape index (κ1) is 15.6. The van der Waals surface area contributed by atoms with Gasteiger partial charge in [0.1, 0.15) is 19.4 Å². The van der Waals surface area contributed by atoms with E-state index < -0.39 is 6.17 Å². The van der Waals surface area contributed by atoms with Gasteiger partial charge in [-0.1, -0.05) is 0 Å². The Hall–Kier alpha value is -1.92. The Bertz CT molecular complexity index is 740. The van der Waals surface area contributed by atoms with Crippen LogP contribution in [0.4, 0.5) is 4.39 Å². The van der Waals surface area contributed by atoms with E-state index in [4.69, 9.17) is 15.2 Å². The molecule has 0 radical (unpaired) electrons. The Morgan fingerprint density at radius 1 is 1.25 bits per heavy atom. The molecule has 2 aromatic rings. The number of aromatic nitrogens is 1. The highest BCUT2D eigenvalue weighted by Crippen LogP contribution is 2.38. The molecule has 2 N–H and O–H groups in total. The van der Waals surface area contributed by atoms with Crippen LogP contribution in [0.5, 0.6) is 11.5 Å². The van der Waals surface area contributed by atoms with Crippen LogP contribution in [-0.2, 0) is 6.42 Å². The molecule has 2 aliphatic heterocycles. The summed E-state index contributed by atoms with van der Waals surface area (Å²) in [5, 5.41) is 1.01. The van der Waals surface area contributed by atoms with Crippen molar-refractivity contribution in [2.45, 2.75) is 25.1 Å². The van der Waals surface area contributed by atoms with Gasteiger partial charge in [-0.3, -0.25) is 9.88 Å². The normalized spacial score (nSPS) is 24.2. The molecule has 6 heteroatoms. The van der Waals surface area contributed by atoms with Crippen LogP contribution in [0.15, 0.2) is 24.4 Å². The van der Waals surface area contributed by atoms with Crippen molar-refractivity contribution in [1.82, 2.24) is 9.88 Å². The fourth-order valence-electron chi connectivity index (χ4n) is 3.49. The average Bonchev–Trinajstić information content (AvgIpc) is 2.62. The number of nitrogens with two attached hydrogens (primary N) is 1. The molecule has 4 rings (SSSR count). The zero-order chi connectivity index (χ0) is 16.5. The van der Waals surface area contributed by atoms with Gasteiger partial charge in [0.05, 0.1) is 5.52 Å². The summed E-state index contributed by atoms with van der Waals surface area (Å²) in [6, 6.07) is 5.57. The molecule has 0 bridgehead atoms. The van der Waals surface area contributed by atoms with Gasteiger partial charge >= 0.3 is 0 Å². The number of nitrogens with zero attached hydrogens (tertiary/aromatic N) is 2. The van der Waals surface area contributed by atoms with Crippen molar-refractivity contribution < 1.29 is 13.9 Å². The minimum atomic E-state index is -0.933. The van der Waals surface area contributed by atoms with Crippen molar-refractivity contribution in [2.24, 2.45) is 5.73 Å². The fraction of sp³-hybridized carbons (Fsp3) is 0.500. The van der Waals surface area contributed by atoms with Crippen molar-refractivity contribution in [2.75, 3.05) is 32.8 Å². The number of ether oxygens (including phenoxy) is 2. The van der Waals surface area contributed by atoms with E-state index in [1.165, 1.54) is 0 Å². The van der Waals surface area contributed by atoms with E-state index in [2.05, 4.69) is 9.88 Å². The molecule has 2 aliphatic rings. The maximum absolute atomic E-state index is 13.8. The third-order valence-corrected chi connectivity index (χ3v) is 4.87. The molecule has 0 spiro atoms. The van der Waals surface area contributed by atoms with E-state index in [9.17, 15) is 4.39 Å². The van der Waals surface area contributed by atoms with Crippen molar-refractivity contribution in [3.05, 3.63) is 30.0 Å². The lowest BCUT2D eigenvalue weighted by Gasteiger charge is -2.32. The van der Waals surface area contributed by atoms with Crippen molar-refractivity contribution >= 4 is 10.9 Å². The smallest absolute Gasteiger partial charge is 0.171 e. The number of fused-ring (bicyclic) bond motifs is 3. The standard InChI is InChI=1S/C18H22FN3O2/c19-13-11-22(8-5-14(13)20)7-4-12-3-6-21-15-1-2-16-18(17(12)15)24-10-9-23-16/h1-3,6,13-14H,4-5,7-11,20H2/t13-,14+/m0/s1. The predicted molar refractivity (Wildman–Crippen MR) is 90.4 cm³/mol. The largest absolute Gasteiger partial charge is 0.486 e. The Labute approximate surface area is 140 Å². The SMILES string of the molecule is N[C@@H]1CCN(CCc2ccnc3ccc4c(c23)OCCO4)C[C@@H]1F. The molecular weight excluding hydrogens is 309 g/mol. The maximum Gasteiger partial charge on any atom is 0.171 e. The maximum atomic E-state index is 13.8. The molecule has 0 saturated carbocycles. The van der Waals surface area contributed by atoms with Crippen LogP contribution in [0, 0.1) is 0 Å². The van der Waals surface area contributed by atoms with Gasteiger partial charge < -0.3 is 15.2 Å². The zero-order valence-electron chi connectivity index (χ0n) is 13.6. The van der Waals surface area contributed by atoms with Gasteiger partial charge in [-0.25, -0.2) is 4.39 Å². The summed E-state index contributed by atoms with van der Waals surface area (Å²) in [6.45, 7) is 3.19. The van der Waals surface area contributed by atoms with Crippen molar-refractivity contribution in [3.8, 4) is 11.5 Å². The lowest BCUT2D eigenvalue weighted by Crippen LogP contribution is -2.48. The Morgan fingerprint density at radius 3 is 3.00 bits per heavy atom. The summed E-state index contributed by atoms with van der Waals surface area (Å²) in [7, 11) is 0. The summed E-state index contributed by atoms with van der Waals surface area (Å²) in [5.41, 5.74) is 7.82. The molecule has 1 fully saturated rings. The fourth-order valence-corrected chi connectivity index (χ4v) is 3.49. The first-order valence-corrected chi connectivity index (χ1v) is 8.50. The van der Waals surface area contributed by atoms with Crippen LogP contribution >= 0.6 is 0 Å². The summed E-state index contributed by atoms with van der Waals surface area (Å²) in [6.07, 6.45) is 2.42. The lowest BCUT2D eigenvalue weighted by atomic mass is 10.0. The van der Waals surface area contributed by atoms with Crippen molar-refractivity contribution in [1.29, 1.82) is 0 Å². The molecule has 0 amide bonds. The molecule has 1 aromatic carbocycles. The van der Waals surface area contributed by atoms with Gasteiger partial charge in [0.25, 0.3) is 0 Å². The molecule has 0 aliphatic carbocycles. The second-order valence-corrected chi connectivity index (χ2v) is 6.47. The summed E-state index contributed by atoms with van der Waals surface area (Å²) in [4.78, 5) is 6.59.